The van der Waals surface area contributed by atoms with E-state index < -0.39 is 4.92 Å². The lowest BCUT2D eigenvalue weighted by molar-refractivity contribution is -0.383. The molecule has 1 N–H and O–H groups in total. The smallest absolute Gasteiger partial charge is 0.311 e. The summed E-state index contributed by atoms with van der Waals surface area (Å²) < 4.78 is 0. The van der Waals surface area contributed by atoms with Crippen LogP contribution in [0.15, 0.2) is 42.5 Å². The van der Waals surface area contributed by atoms with Crippen LogP contribution >= 0.6 is 23.2 Å². The lowest BCUT2D eigenvalue weighted by Crippen LogP contribution is -1.97. The molecule has 0 unspecified atom stereocenters. The van der Waals surface area contributed by atoms with Gasteiger partial charge in [-0.2, -0.15) is 0 Å². The molecule has 4 nitrogen and oxygen atoms in total. The average Bonchev–Trinajstić information content (AvgIpc) is 2.28. The van der Waals surface area contributed by atoms with Gasteiger partial charge in [-0.1, -0.05) is 35.3 Å². The van der Waals surface area contributed by atoms with E-state index in [4.69, 9.17) is 23.2 Å². The monoisotopic (exact) mass is 282 g/mol. The Morgan fingerprint density at radius 1 is 1.11 bits per heavy atom. The van der Waals surface area contributed by atoms with Gasteiger partial charge in [0.05, 0.1) is 4.92 Å². The van der Waals surface area contributed by atoms with Gasteiger partial charge in [-0.05, 0) is 30.3 Å². The molecule has 0 heterocycles. The van der Waals surface area contributed by atoms with Gasteiger partial charge in [0.2, 0.25) is 0 Å². The van der Waals surface area contributed by atoms with Crippen molar-refractivity contribution in [2.24, 2.45) is 0 Å². The van der Waals surface area contributed by atoms with Gasteiger partial charge in [0.15, 0.2) is 0 Å². The number of hydrogen-bond donors (Lipinski definition) is 1. The Bertz CT molecular complexity index is 602. The molecule has 0 saturated carbocycles. The molecule has 0 aliphatic rings. The number of para-hydroxylation sites is 1. The van der Waals surface area contributed by atoms with Gasteiger partial charge in [-0.15, -0.1) is 0 Å². The zero-order valence-electron chi connectivity index (χ0n) is 9.06. The van der Waals surface area contributed by atoms with E-state index in [9.17, 15) is 10.1 Å². The Labute approximate surface area is 113 Å². The second-order valence-corrected chi connectivity index (χ2v) is 4.37. The fourth-order valence-corrected chi connectivity index (χ4v) is 1.96. The van der Waals surface area contributed by atoms with Crippen LogP contribution in [0.2, 0.25) is 10.0 Å². The predicted molar refractivity (Wildman–Crippen MR) is 72.8 cm³/mol. The largest absolute Gasteiger partial charge is 0.350 e. The number of anilines is 2. The molecule has 0 aliphatic carbocycles. The molecular weight excluding hydrogens is 275 g/mol. The van der Waals surface area contributed by atoms with Crippen LogP contribution in [0.1, 0.15) is 0 Å². The highest BCUT2D eigenvalue weighted by molar-refractivity contribution is 6.33. The fourth-order valence-electron chi connectivity index (χ4n) is 1.52. The van der Waals surface area contributed by atoms with Gasteiger partial charge in [-0.3, -0.25) is 10.1 Å². The molecule has 2 aromatic rings. The van der Waals surface area contributed by atoms with Crippen molar-refractivity contribution in [1.82, 2.24) is 0 Å². The topological polar surface area (TPSA) is 55.2 Å². The minimum Gasteiger partial charge on any atom is -0.350 e. The third kappa shape index (κ3) is 2.72. The zero-order valence-corrected chi connectivity index (χ0v) is 10.6. The van der Waals surface area contributed by atoms with Crippen LogP contribution in [0.4, 0.5) is 17.1 Å². The summed E-state index contributed by atoms with van der Waals surface area (Å²) in [4.78, 5) is 10.4. The van der Waals surface area contributed by atoms with Gasteiger partial charge in [0.1, 0.15) is 10.7 Å². The number of benzene rings is 2. The minimum absolute atomic E-state index is 0.0898. The zero-order chi connectivity index (χ0) is 13.1. The SMILES string of the molecule is O=[N+]([O-])c1c(Cl)cccc1Nc1cccc(Cl)c1. The van der Waals surface area contributed by atoms with Crippen molar-refractivity contribution in [3.8, 4) is 0 Å². The molecule has 18 heavy (non-hydrogen) atoms. The summed E-state index contributed by atoms with van der Waals surface area (Å²) in [5, 5.41) is 14.5. The van der Waals surface area contributed by atoms with Gasteiger partial charge in [0, 0.05) is 10.7 Å². The van der Waals surface area contributed by atoms with Crippen molar-refractivity contribution in [3.63, 3.8) is 0 Å². The van der Waals surface area contributed by atoms with Crippen molar-refractivity contribution >= 4 is 40.3 Å². The normalized spacial score (nSPS) is 10.1. The summed E-state index contributed by atoms with van der Waals surface area (Å²) in [6, 6.07) is 11.6. The summed E-state index contributed by atoms with van der Waals surface area (Å²) in [5.74, 6) is 0. The van der Waals surface area contributed by atoms with Gasteiger partial charge in [-0.25, -0.2) is 0 Å². The molecule has 6 heteroatoms. The van der Waals surface area contributed by atoms with Crippen LogP contribution in [-0.4, -0.2) is 4.92 Å². The van der Waals surface area contributed by atoms with Crippen LogP contribution in [0.5, 0.6) is 0 Å². The first-order chi connectivity index (χ1) is 8.58. The molecule has 0 aromatic heterocycles. The first kappa shape index (κ1) is 12.7. The summed E-state index contributed by atoms with van der Waals surface area (Å²) in [6.07, 6.45) is 0. The van der Waals surface area contributed by atoms with Gasteiger partial charge in [0.25, 0.3) is 0 Å². The fraction of sp³-hybridized carbons (Fsp3) is 0. The van der Waals surface area contributed by atoms with Crippen molar-refractivity contribution in [1.29, 1.82) is 0 Å². The maximum atomic E-state index is 11.0. The van der Waals surface area contributed by atoms with Crippen molar-refractivity contribution in [2.75, 3.05) is 5.32 Å². The van der Waals surface area contributed by atoms with Gasteiger partial charge < -0.3 is 5.32 Å². The van der Waals surface area contributed by atoms with Crippen LogP contribution < -0.4 is 5.32 Å². The lowest BCUT2D eigenvalue weighted by Gasteiger charge is -2.08. The van der Waals surface area contributed by atoms with Crippen LogP contribution in [-0.2, 0) is 0 Å². The number of nitrogens with zero attached hydrogens (tertiary/aromatic N) is 1. The standard InChI is InChI=1S/C12H8Cl2N2O2/c13-8-3-1-4-9(7-8)15-11-6-2-5-10(14)12(11)16(17)18/h1-7,15H. The molecule has 0 fully saturated rings. The molecule has 0 bridgehead atoms. The van der Waals surface area contributed by atoms with E-state index >= 15 is 0 Å². The molecule has 92 valence electrons. The molecule has 0 atom stereocenters. The van der Waals surface area contributed by atoms with E-state index in [2.05, 4.69) is 5.32 Å². The Morgan fingerprint density at radius 2 is 1.83 bits per heavy atom. The third-order valence-corrected chi connectivity index (χ3v) is 2.81. The Morgan fingerprint density at radius 3 is 2.50 bits per heavy atom. The summed E-state index contributed by atoms with van der Waals surface area (Å²) in [5.41, 5.74) is 0.835. The maximum Gasteiger partial charge on any atom is 0.311 e. The summed E-state index contributed by atoms with van der Waals surface area (Å²) >= 11 is 11.7. The highest BCUT2D eigenvalue weighted by Gasteiger charge is 2.18. The van der Waals surface area contributed by atoms with Crippen molar-refractivity contribution in [2.45, 2.75) is 0 Å². The van der Waals surface area contributed by atoms with Crippen LogP contribution in [0.3, 0.4) is 0 Å². The van der Waals surface area contributed by atoms with E-state index in [0.29, 0.717) is 16.4 Å². The van der Waals surface area contributed by atoms with Crippen LogP contribution in [0, 0.1) is 10.1 Å². The molecule has 2 aromatic carbocycles. The summed E-state index contributed by atoms with van der Waals surface area (Å²) in [6.45, 7) is 0. The Hall–Kier alpha value is -1.78. The first-order valence-corrected chi connectivity index (χ1v) is 5.79. The number of rotatable bonds is 3. The predicted octanol–water partition coefficient (Wildman–Crippen LogP) is 4.65. The van der Waals surface area contributed by atoms with Crippen molar-refractivity contribution in [3.05, 3.63) is 62.6 Å². The average molecular weight is 283 g/mol. The molecule has 0 saturated heterocycles. The highest BCUT2D eigenvalue weighted by atomic mass is 35.5. The number of nitro groups is 1. The third-order valence-electron chi connectivity index (χ3n) is 2.27. The Balaban J connectivity index is 2.40. The first-order valence-electron chi connectivity index (χ1n) is 5.03. The van der Waals surface area contributed by atoms with E-state index in [0.717, 1.165) is 0 Å². The quantitative estimate of drug-likeness (QED) is 0.659. The van der Waals surface area contributed by atoms with E-state index in [1.807, 2.05) is 0 Å². The summed E-state index contributed by atoms with van der Waals surface area (Å²) in [7, 11) is 0. The Kier molecular flexibility index (Phi) is 3.69. The minimum atomic E-state index is -0.519. The second-order valence-electron chi connectivity index (χ2n) is 3.53. The van der Waals surface area contributed by atoms with E-state index in [1.54, 1.807) is 36.4 Å². The molecule has 2 rings (SSSR count). The van der Waals surface area contributed by atoms with E-state index in [1.165, 1.54) is 6.07 Å². The van der Waals surface area contributed by atoms with Gasteiger partial charge >= 0.3 is 5.69 Å². The maximum absolute atomic E-state index is 11.0. The molecule has 0 spiro atoms. The highest BCUT2D eigenvalue weighted by Crippen LogP contribution is 2.34. The number of nitro benzene ring substituents is 1. The molecule has 0 amide bonds. The number of halogens is 2. The molecule has 0 aliphatic heterocycles. The lowest BCUT2D eigenvalue weighted by atomic mass is 10.2. The second kappa shape index (κ2) is 5.25. The molecule has 0 radical (unpaired) electrons. The van der Waals surface area contributed by atoms with Crippen molar-refractivity contribution < 1.29 is 4.92 Å². The number of hydrogen-bond acceptors (Lipinski definition) is 3. The van der Waals surface area contributed by atoms with E-state index in [-0.39, 0.29) is 10.7 Å². The molecular formula is C12H8Cl2N2O2. The number of nitrogens with one attached hydrogen (secondary N) is 1. The van der Waals surface area contributed by atoms with Crippen LogP contribution in [0.25, 0.3) is 0 Å².